The number of terminal acetylenes is 1. The van der Waals surface area contributed by atoms with E-state index < -0.39 is 23.3 Å². The Morgan fingerprint density at radius 2 is 2.15 bits per heavy atom. The number of rotatable bonds is 3. The zero-order chi connectivity index (χ0) is 10.1. The van der Waals surface area contributed by atoms with Crippen LogP contribution in [-0.2, 0) is 9.59 Å². The minimum absolute atomic E-state index is 0.408. The highest BCUT2D eigenvalue weighted by molar-refractivity contribution is 6.05. The van der Waals surface area contributed by atoms with Crippen LogP contribution in [0.1, 0.15) is 19.8 Å². The molecule has 4 nitrogen and oxygen atoms in total. The summed E-state index contributed by atoms with van der Waals surface area (Å²) < 4.78 is 0. The second-order valence-electron chi connectivity index (χ2n) is 3.25. The Morgan fingerprint density at radius 3 is 2.46 bits per heavy atom. The third-order valence-corrected chi connectivity index (χ3v) is 2.19. The molecule has 0 bridgehead atoms. The fraction of sp³-hybridized carbons (Fsp3) is 0.556. The molecular formula is C9H11NO3. The van der Waals surface area contributed by atoms with Crippen molar-refractivity contribution in [3.63, 3.8) is 0 Å². The summed E-state index contributed by atoms with van der Waals surface area (Å²) in [6.45, 7) is 1.63. The highest BCUT2D eigenvalue weighted by Gasteiger charge is 2.57. The molecule has 1 unspecified atom stereocenters. The quantitative estimate of drug-likeness (QED) is 0.475. The van der Waals surface area contributed by atoms with E-state index in [2.05, 4.69) is 11.2 Å². The third-order valence-electron chi connectivity index (χ3n) is 2.19. The van der Waals surface area contributed by atoms with Crippen molar-refractivity contribution >= 4 is 11.9 Å². The standard InChI is InChI=1S/C9H11NO3/c1-3-6(2)10-7(11)9(4-5-9)8(12)13/h1,6H,4-5H2,2H3,(H,10,11)(H,12,13). The van der Waals surface area contributed by atoms with Gasteiger partial charge in [0.25, 0.3) is 0 Å². The summed E-state index contributed by atoms with van der Waals surface area (Å²) in [7, 11) is 0. The number of carboxylic acids is 1. The fourth-order valence-electron chi connectivity index (χ4n) is 1.04. The van der Waals surface area contributed by atoms with Crippen LogP contribution >= 0.6 is 0 Å². The summed E-state index contributed by atoms with van der Waals surface area (Å²) in [4.78, 5) is 22.0. The molecular weight excluding hydrogens is 170 g/mol. The molecule has 0 aromatic carbocycles. The van der Waals surface area contributed by atoms with Crippen molar-refractivity contribution < 1.29 is 14.7 Å². The molecule has 1 saturated carbocycles. The molecule has 0 aromatic heterocycles. The molecule has 0 radical (unpaired) electrons. The van der Waals surface area contributed by atoms with Crippen LogP contribution in [0.4, 0.5) is 0 Å². The number of nitrogens with one attached hydrogen (secondary N) is 1. The van der Waals surface area contributed by atoms with Crippen molar-refractivity contribution in [2.75, 3.05) is 0 Å². The molecule has 70 valence electrons. The topological polar surface area (TPSA) is 66.4 Å². The lowest BCUT2D eigenvalue weighted by Gasteiger charge is -2.12. The van der Waals surface area contributed by atoms with Gasteiger partial charge in [0.05, 0.1) is 6.04 Å². The Hall–Kier alpha value is -1.50. The Balaban J connectivity index is 2.60. The van der Waals surface area contributed by atoms with Gasteiger partial charge in [-0.3, -0.25) is 9.59 Å². The maximum Gasteiger partial charge on any atom is 0.319 e. The Kier molecular flexibility index (Phi) is 2.28. The van der Waals surface area contributed by atoms with Gasteiger partial charge in [0.1, 0.15) is 5.41 Å². The molecule has 1 amide bonds. The van der Waals surface area contributed by atoms with Crippen LogP contribution in [0, 0.1) is 17.8 Å². The zero-order valence-corrected chi connectivity index (χ0v) is 7.33. The van der Waals surface area contributed by atoms with E-state index in [-0.39, 0.29) is 0 Å². The molecule has 1 aliphatic carbocycles. The van der Waals surface area contributed by atoms with Gasteiger partial charge in [0.2, 0.25) is 5.91 Å². The summed E-state index contributed by atoms with van der Waals surface area (Å²) in [6, 6.07) is -0.413. The molecule has 1 rings (SSSR count). The predicted molar refractivity (Wildman–Crippen MR) is 45.7 cm³/mol. The van der Waals surface area contributed by atoms with Crippen molar-refractivity contribution in [3.05, 3.63) is 0 Å². The van der Waals surface area contributed by atoms with Gasteiger partial charge < -0.3 is 10.4 Å². The largest absolute Gasteiger partial charge is 0.480 e. The molecule has 4 heteroatoms. The fourth-order valence-corrected chi connectivity index (χ4v) is 1.04. The number of hydrogen-bond donors (Lipinski definition) is 2. The van der Waals surface area contributed by atoms with Crippen molar-refractivity contribution in [2.24, 2.45) is 5.41 Å². The van der Waals surface area contributed by atoms with Gasteiger partial charge in [-0.05, 0) is 19.8 Å². The van der Waals surface area contributed by atoms with Crippen LogP contribution in [0.15, 0.2) is 0 Å². The van der Waals surface area contributed by atoms with Crippen molar-refractivity contribution in [1.29, 1.82) is 0 Å². The first kappa shape index (κ1) is 9.59. The number of carboxylic acid groups (broad SMARTS) is 1. The molecule has 2 N–H and O–H groups in total. The molecule has 1 aliphatic rings. The van der Waals surface area contributed by atoms with Gasteiger partial charge in [0.15, 0.2) is 0 Å². The summed E-state index contributed by atoms with van der Waals surface area (Å²) in [6.07, 6.45) is 5.86. The van der Waals surface area contributed by atoms with E-state index >= 15 is 0 Å². The van der Waals surface area contributed by atoms with Crippen molar-refractivity contribution in [2.45, 2.75) is 25.8 Å². The molecule has 0 saturated heterocycles. The number of carbonyl (C=O) groups is 2. The van der Waals surface area contributed by atoms with Crippen LogP contribution in [0.3, 0.4) is 0 Å². The monoisotopic (exact) mass is 181 g/mol. The van der Waals surface area contributed by atoms with E-state index in [1.807, 2.05) is 0 Å². The highest BCUT2D eigenvalue weighted by Crippen LogP contribution is 2.46. The van der Waals surface area contributed by atoms with Gasteiger partial charge in [0, 0.05) is 0 Å². The van der Waals surface area contributed by atoms with E-state index in [4.69, 9.17) is 11.5 Å². The van der Waals surface area contributed by atoms with E-state index in [0.717, 1.165) is 0 Å². The maximum atomic E-state index is 11.4. The van der Waals surface area contributed by atoms with E-state index in [1.165, 1.54) is 0 Å². The molecule has 1 atom stereocenters. The average Bonchev–Trinajstić information content (AvgIpc) is 2.83. The van der Waals surface area contributed by atoms with Crippen LogP contribution in [-0.4, -0.2) is 23.0 Å². The maximum absolute atomic E-state index is 11.4. The molecule has 0 aliphatic heterocycles. The Bertz CT molecular complexity index is 286. The van der Waals surface area contributed by atoms with Gasteiger partial charge in [-0.15, -0.1) is 6.42 Å². The number of aliphatic carboxylic acids is 1. The second-order valence-corrected chi connectivity index (χ2v) is 3.25. The van der Waals surface area contributed by atoms with Crippen molar-refractivity contribution in [1.82, 2.24) is 5.32 Å². The molecule has 0 spiro atoms. The van der Waals surface area contributed by atoms with Crippen LogP contribution in [0.2, 0.25) is 0 Å². The molecule has 0 aromatic rings. The van der Waals surface area contributed by atoms with E-state index in [0.29, 0.717) is 12.8 Å². The third kappa shape index (κ3) is 1.64. The summed E-state index contributed by atoms with van der Waals surface area (Å²) >= 11 is 0. The Morgan fingerprint density at radius 1 is 1.62 bits per heavy atom. The number of carbonyl (C=O) groups excluding carboxylic acids is 1. The molecule has 13 heavy (non-hydrogen) atoms. The normalized spacial score (nSPS) is 19.7. The first-order valence-electron chi connectivity index (χ1n) is 4.03. The van der Waals surface area contributed by atoms with E-state index in [1.54, 1.807) is 6.92 Å². The van der Waals surface area contributed by atoms with Crippen molar-refractivity contribution in [3.8, 4) is 12.3 Å². The lowest BCUT2D eigenvalue weighted by molar-refractivity contribution is -0.149. The van der Waals surface area contributed by atoms with Gasteiger partial charge in [-0.25, -0.2) is 0 Å². The lowest BCUT2D eigenvalue weighted by Crippen LogP contribution is -2.41. The minimum atomic E-state index is -1.19. The summed E-state index contributed by atoms with van der Waals surface area (Å²) in [5, 5.41) is 11.2. The van der Waals surface area contributed by atoms with Gasteiger partial charge in [-0.1, -0.05) is 5.92 Å². The highest BCUT2D eigenvalue weighted by atomic mass is 16.4. The van der Waals surface area contributed by atoms with Crippen LogP contribution < -0.4 is 5.32 Å². The molecule has 0 heterocycles. The summed E-state index contributed by atoms with van der Waals surface area (Å²) in [5.41, 5.74) is -1.19. The van der Waals surface area contributed by atoms with Gasteiger partial charge in [-0.2, -0.15) is 0 Å². The smallest absolute Gasteiger partial charge is 0.319 e. The van der Waals surface area contributed by atoms with E-state index in [9.17, 15) is 9.59 Å². The lowest BCUT2D eigenvalue weighted by atomic mass is 10.1. The Labute approximate surface area is 76.3 Å². The number of hydrogen-bond acceptors (Lipinski definition) is 2. The second kappa shape index (κ2) is 3.09. The first-order chi connectivity index (χ1) is 6.03. The first-order valence-corrected chi connectivity index (χ1v) is 4.03. The molecule has 1 fully saturated rings. The minimum Gasteiger partial charge on any atom is -0.480 e. The zero-order valence-electron chi connectivity index (χ0n) is 7.33. The SMILES string of the molecule is C#CC(C)NC(=O)C1(C(=O)O)CC1. The number of amides is 1. The summed E-state index contributed by atoms with van der Waals surface area (Å²) in [5.74, 6) is 0.782. The average molecular weight is 181 g/mol. The predicted octanol–water partition coefficient (Wildman–Crippen LogP) is -0.0109. The van der Waals surface area contributed by atoms with Crippen LogP contribution in [0.5, 0.6) is 0 Å². The van der Waals surface area contributed by atoms with Crippen LogP contribution in [0.25, 0.3) is 0 Å². The van der Waals surface area contributed by atoms with Gasteiger partial charge >= 0.3 is 5.97 Å².